The van der Waals surface area contributed by atoms with Crippen LogP contribution in [0, 0.1) is 6.92 Å². The zero-order valence-corrected chi connectivity index (χ0v) is 9.37. The Kier molecular flexibility index (Phi) is 3.38. The number of H-pyrrole nitrogens is 1. The average Bonchev–Trinajstić information content (AvgIpc) is 2.65. The monoisotopic (exact) mass is 208 g/mol. The van der Waals surface area contributed by atoms with E-state index in [1.807, 2.05) is 6.20 Å². The Morgan fingerprint density at radius 2 is 2.47 bits per heavy atom. The van der Waals surface area contributed by atoms with Crippen LogP contribution in [0.4, 0.5) is 0 Å². The van der Waals surface area contributed by atoms with Gasteiger partial charge in [-0.05, 0) is 26.3 Å². The van der Waals surface area contributed by atoms with Crippen molar-refractivity contribution in [1.82, 2.24) is 15.1 Å². The van der Waals surface area contributed by atoms with Gasteiger partial charge in [-0.25, -0.2) is 0 Å². The van der Waals surface area contributed by atoms with Gasteiger partial charge in [-0.15, -0.1) is 0 Å². The molecule has 0 aromatic carbocycles. The molecular weight excluding hydrogens is 188 g/mol. The highest BCUT2D eigenvalue weighted by Gasteiger charge is 2.21. The number of likely N-dealkylation sites (tertiary alicyclic amines) is 1. The highest BCUT2D eigenvalue weighted by molar-refractivity contribution is 5.14. The predicted molar refractivity (Wildman–Crippen MR) is 60.4 cm³/mol. The normalized spacial score (nSPS) is 23.2. The van der Waals surface area contributed by atoms with Gasteiger partial charge in [0.05, 0.1) is 6.20 Å². The summed E-state index contributed by atoms with van der Waals surface area (Å²) in [6.45, 7) is 5.01. The van der Waals surface area contributed by atoms with Crippen molar-refractivity contribution < 1.29 is 0 Å². The number of hydrogen-bond acceptors (Lipinski definition) is 3. The largest absolute Gasteiger partial charge is 0.329 e. The first-order valence-corrected chi connectivity index (χ1v) is 5.74. The molecule has 1 aromatic heterocycles. The molecule has 1 fully saturated rings. The number of piperidine rings is 1. The van der Waals surface area contributed by atoms with E-state index in [0.717, 1.165) is 13.1 Å². The van der Waals surface area contributed by atoms with E-state index < -0.39 is 0 Å². The Morgan fingerprint density at radius 1 is 1.60 bits per heavy atom. The molecule has 1 unspecified atom stereocenters. The first-order chi connectivity index (χ1) is 7.31. The lowest BCUT2D eigenvalue weighted by molar-refractivity contribution is 0.144. The molecule has 4 nitrogen and oxygen atoms in total. The third kappa shape index (κ3) is 2.38. The fourth-order valence-corrected chi connectivity index (χ4v) is 2.29. The zero-order chi connectivity index (χ0) is 10.7. The number of nitrogens with two attached hydrogens (primary N) is 1. The van der Waals surface area contributed by atoms with E-state index in [9.17, 15) is 0 Å². The van der Waals surface area contributed by atoms with E-state index >= 15 is 0 Å². The standard InChI is InChI=1S/C11H20N4/c1-9-10(7-13-14-9)8-15-5-3-2-4-11(15)6-12/h7,11H,2-6,8,12H2,1H3,(H,13,14). The third-order valence-corrected chi connectivity index (χ3v) is 3.33. The topological polar surface area (TPSA) is 57.9 Å². The maximum absolute atomic E-state index is 5.80. The maximum Gasteiger partial charge on any atom is 0.0535 e. The highest BCUT2D eigenvalue weighted by atomic mass is 15.2. The summed E-state index contributed by atoms with van der Waals surface area (Å²) in [5, 5.41) is 7.04. The van der Waals surface area contributed by atoms with Crippen LogP contribution < -0.4 is 5.73 Å². The van der Waals surface area contributed by atoms with Gasteiger partial charge >= 0.3 is 0 Å². The number of nitrogens with one attached hydrogen (secondary N) is 1. The Balaban J connectivity index is 2.00. The molecule has 0 saturated carbocycles. The number of aromatic nitrogens is 2. The molecule has 84 valence electrons. The van der Waals surface area contributed by atoms with E-state index in [0.29, 0.717) is 6.04 Å². The van der Waals surface area contributed by atoms with Gasteiger partial charge < -0.3 is 5.73 Å². The van der Waals surface area contributed by atoms with Crippen LogP contribution in [0.25, 0.3) is 0 Å². The maximum atomic E-state index is 5.80. The molecule has 2 heterocycles. The van der Waals surface area contributed by atoms with Crippen LogP contribution in [-0.2, 0) is 6.54 Å². The Labute approximate surface area is 90.8 Å². The average molecular weight is 208 g/mol. The van der Waals surface area contributed by atoms with E-state index in [2.05, 4.69) is 22.0 Å². The molecule has 1 saturated heterocycles. The van der Waals surface area contributed by atoms with Crippen molar-refractivity contribution in [3.8, 4) is 0 Å². The summed E-state index contributed by atoms with van der Waals surface area (Å²) in [4.78, 5) is 2.49. The molecule has 3 N–H and O–H groups in total. The van der Waals surface area contributed by atoms with Gasteiger partial charge in [0.1, 0.15) is 0 Å². The summed E-state index contributed by atoms with van der Waals surface area (Å²) in [5.41, 5.74) is 8.27. The van der Waals surface area contributed by atoms with Crippen LogP contribution in [-0.4, -0.2) is 34.2 Å². The molecule has 1 aromatic rings. The lowest BCUT2D eigenvalue weighted by Gasteiger charge is -2.34. The lowest BCUT2D eigenvalue weighted by Crippen LogP contribution is -2.43. The molecule has 0 spiro atoms. The fraction of sp³-hybridized carbons (Fsp3) is 0.727. The molecule has 4 heteroatoms. The summed E-state index contributed by atoms with van der Waals surface area (Å²) in [6.07, 6.45) is 5.79. The molecule has 1 aliphatic rings. The predicted octanol–water partition coefficient (Wildman–Crippen LogP) is 1.03. The molecule has 15 heavy (non-hydrogen) atoms. The smallest absolute Gasteiger partial charge is 0.0535 e. The van der Waals surface area contributed by atoms with Gasteiger partial charge in [-0.3, -0.25) is 10.00 Å². The molecule has 0 aliphatic carbocycles. The summed E-state index contributed by atoms with van der Waals surface area (Å²) < 4.78 is 0. The molecule has 1 aliphatic heterocycles. The van der Waals surface area contributed by atoms with Crippen molar-refractivity contribution in [2.24, 2.45) is 5.73 Å². The SMILES string of the molecule is Cc1[nH]ncc1CN1CCCCC1CN. The van der Waals surface area contributed by atoms with Gasteiger partial charge in [0, 0.05) is 30.4 Å². The van der Waals surface area contributed by atoms with Gasteiger partial charge in [0.2, 0.25) is 0 Å². The Hall–Kier alpha value is -0.870. The van der Waals surface area contributed by atoms with Crippen molar-refractivity contribution in [3.05, 3.63) is 17.5 Å². The van der Waals surface area contributed by atoms with E-state index in [1.54, 1.807) is 0 Å². The van der Waals surface area contributed by atoms with Crippen LogP contribution >= 0.6 is 0 Å². The second kappa shape index (κ2) is 4.77. The fourth-order valence-electron chi connectivity index (χ4n) is 2.29. The molecular formula is C11H20N4. The molecule has 2 rings (SSSR count). The van der Waals surface area contributed by atoms with E-state index in [1.165, 1.54) is 37.1 Å². The first-order valence-electron chi connectivity index (χ1n) is 5.74. The first kappa shape index (κ1) is 10.6. The summed E-state index contributed by atoms with van der Waals surface area (Å²) in [6, 6.07) is 0.563. The minimum atomic E-state index is 0.563. The number of aromatic amines is 1. The van der Waals surface area contributed by atoms with Crippen LogP contribution in [0.5, 0.6) is 0 Å². The van der Waals surface area contributed by atoms with E-state index in [-0.39, 0.29) is 0 Å². The minimum absolute atomic E-state index is 0.563. The van der Waals surface area contributed by atoms with Crippen LogP contribution in [0.15, 0.2) is 6.20 Å². The van der Waals surface area contributed by atoms with Gasteiger partial charge in [0.25, 0.3) is 0 Å². The zero-order valence-electron chi connectivity index (χ0n) is 9.37. The molecule has 1 atom stereocenters. The minimum Gasteiger partial charge on any atom is -0.329 e. The van der Waals surface area contributed by atoms with E-state index in [4.69, 9.17) is 5.73 Å². The van der Waals surface area contributed by atoms with Gasteiger partial charge in [0.15, 0.2) is 0 Å². The Morgan fingerprint density at radius 3 is 3.13 bits per heavy atom. The number of nitrogens with zero attached hydrogens (tertiary/aromatic N) is 2. The summed E-state index contributed by atoms with van der Waals surface area (Å²) in [7, 11) is 0. The Bertz CT molecular complexity index is 307. The second-order valence-electron chi connectivity index (χ2n) is 4.38. The van der Waals surface area contributed by atoms with Crippen molar-refractivity contribution in [2.45, 2.75) is 38.8 Å². The lowest BCUT2D eigenvalue weighted by atomic mass is 10.0. The third-order valence-electron chi connectivity index (χ3n) is 3.33. The van der Waals surface area contributed by atoms with Crippen molar-refractivity contribution in [3.63, 3.8) is 0 Å². The summed E-state index contributed by atoms with van der Waals surface area (Å²) >= 11 is 0. The van der Waals surface area contributed by atoms with Crippen molar-refractivity contribution in [1.29, 1.82) is 0 Å². The van der Waals surface area contributed by atoms with Crippen LogP contribution in [0.3, 0.4) is 0 Å². The van der Waals surface area contributed by atoms with Crippen LogP contribution in [0.2, 0.25) is 0 Å². The van der Waals surface area contributed by atoms with Gasteiger partial charge in [-0.2, -0.15) is 5.10 Å². The second-order valence-corrected chi connectivity index (χ2v) is 4.38. The summed E-state index contributed by atoms with van der Waals surface area (Å²) in [5.74, 6) is 0. The van der Waals surface area contributed by atoms with Crippen LogP contribution in [0.1, 0.15) is 30.5 Å². The number of aryl methyl sites for hydroxylation is 1. The molecule has 0 radical (unpaired) electrons. The number of rotatable bonds is 3. The highest BCUT2D eigenvalue weighted by Crippen LogP contribution is 2.19. The number of hydrogen-bond donors (Lipinski definition) is 2. The van der Waals surface area contributed by atoms with Crippen molar-refractivity contribution in [2.75, 3.05) is 13.1 Å². The molecule has 0 bridgehead atoms. The quantitative estimate of drug-likeness (QED) is 0.780. The van der Waals surface area contributed by atoms with Crippen molar-refractivity contribution >= 4 is 0 Å². The van der Waals surface area contributed by atoms with Gasteiger partial charge in [-0.1, -0.05) is 6.42 Å². The molecule has 0 amide bonds.